The Labute approximate surface area is 108 Å². The Balaban J connectivity index is 2.12. The summed E-state index contributed by atoms with van der Waals surface area (Å²) in [6.45, 7) is -0.157. The molecule has 0 saturated carbocycles. The lowest BCUT2D eigenvalue weighted by Crippen LogP contribution is -2.26. The average molecular weight is 261 g/mol. The Morgan fingerprint density at radius 1 is 1.32 bits per heavy atom. The van der Waals surface area contributed by atoms with E-state index in [1.807, 2.05) is 0 Å². The van der Waals surface area contributed by atoms with Crippen molar-refractivity contribution in [2.24, 2.45) is 0 Å². The van der Waals surface area contributed by atoms with Crippen LogP contribution in [0.4, 0.5) is 15.8 Å². The van der Waals surface area contributed by atoms with E-state index in [1.54, 1.807) is 12.1 Å². The van der Waals surface area contributed by atoms with Gasteiger partial charge in [0.25, 0.3) is 5.56 Å². The van der Waals surface area contributed by atoms with E-state index in [2.05, 4.69) is 5.32 Å². The second kappa shape index (κ2) is 5.34. The summed E-state index contributed by atoms with van der Waals surface area (Å²) in [5.41, 5.74) is 5.77. The number of pyridine rings is 1. The number of hydrogen-bond acceptors (Lipinski definition) is 3. The van der Waals surface area contributed by atoms with Crippen LogP contribution in [0, 0.1) is 5.82 Å². The molecule has 19 heavy (non-hydrogen) atoms. The van der Waals surface area contributed by atoms with Gasteiger partial charge in [-0.3, -0.25) is 9.59 Å². The van der Waals surface area contributed by atoms with Crippen molar-refractivity contribution in [2.75, 3.05) is 11.1 Å². The summed E-state index contributed by atoms with van der Waals surface area (Å²) in [6.07, 6.45) is 1.50. The maximum Gasteiger partial charge on any atom is 0.250 e. The smallest absolute Gasteiger partial charge is 0.250 e. The van der Waals surface area contributed by atoms with Crippen molar-refractivity contribution in [3.05, 3.63) is 58.8 Å². The molecule has 1 heterocycles. The van der Waals surface area contributed by atoms with Crippen molar-refractivity contribution in [1.82, 2.24) is 4.57 Å². The van der Waals surface area contributed by atoms with Gasteiger partial charge in [0, 0.05) is 12.3 Å². The first kappa shape index (κ1) is 12.8. The van der Waals surface area contributed by atoms with Gasteiger partial charge < -0.3 is 15.6 Å². The minimum atomic E-state index is -0.499. The van der Waals surface area contributed by atoms with E-state index in [4.69, 9.17) is 5.73 Å². The molecule has 0 radical (unpaired) electrons. The predicted molar refractivity (Wildman–Crippen MR) is 70.1 cm³/mol. The minimum absolute atomic E-state index is 0.157. The number of halogens is 1. The number of nitrogens with zero attached hydrogens (tertiary/aromatic N) is 1. The highest BCUT2D eigenvalue weighted by molar-refractivity contribution is 5.93. The van der Waals surface area contributed by atoms with Gasteiger partial charge in [0.15, 0.2) is 0 Å². The van der Waals surface area contributed by atoms with Crippen molar-refractivity contribution in [3.63, 3.8) is 0 Å². The summed E-state index contributed by atoms with van der Waals surface area (Å²) in [5.74, 6) is -0.952. The van der Waals surface area contributed by atoms with Crippen LogP contribution >= 0.6 is 0 Å². The molecule has 1 amide bonds. The molecule has 98 valence electrons. The summed E-state index contributed by atoms with van der Waals surface area (Å²) in [7, 11) is 0. The molecule has 6 heteroatoms. The van der Waals surface area contributed by atoms with Gasteiger partial charge in [-0.05, 0) is 24.3 Å². The Morgan fingerprint density at radius 3 is 2.84 bits per heavy atom. The van der Waals surface area contributed by atoms with Crippen LogP contribution in [0.1, 0.15) is 0 Å². The van der Waals surface area contributed by atoms with Gasteiger partial charge in [0.1, 0.15) is 12.4 Å². The Hall–Kier alpha value is -2.63. The first-order valence-corrected chi connectivity index (χ1v) is 5.56. The third kappa shape index (κ3) is 3.19. The van der Waals surface area contributed by atoms with Crippen LogP contribution in [-0.2, 0) is 11.3 Å². The largest absolute Gasteiger partial charge is 0.397 e. The number of hydrogen-bond donors (Lipinski definition) is 2. The first-order valence-electron chi connectivity index (χ1n) is 5.56. The van der Waals surface area contributed by atoms with E-state index in [0.29, 0.717) is 0 Å². The predicted octanol–water partition coefficient (Wildman–Crippen LogP) is 1.21. The van der Waals surface area contributed by atoms with Crippen LogP contribution in [0.15, 0.2) is 47.4 Å². The Bertz CT molecular complexity index is 667. The highest BCUT2D eigenvalue weighted by Gasteiger charge is 2.07. The van der Waals surface area contributed by atoms with Crippen molar-refractivity contribution in [1.29, 1.82) is 0 Å². The number of aromatic nitrogens is 1. The van der Waals surface area contributed by atoms with E-state index in [1.165, 1.54) is 29.0 Å². The van der Waals surface area contributed by atoms with Gasteiger partial charge in [0.2, 0.25) is 5.91 Å². The topological polar surface area (TPSA) is 77.1 Å². The van der Waals surface area contributed by atoms with E-state index >= 15 is 0 Å². The number of rotatable bonds is 3. The molecule has 3 N–H and O–H groups in total. The number of carbonyl (C=O) groups excluding carboxylic acids is 1. The fourth-order valence-corrected chi connectivity index (χ4v) is 1.57. The third-order valence-corrected chi connectivity index (χ3v) is 2.50. The highest BCUT2D eigenvalue weighted by atomic mass is 19.1. The summed E-state index contributed by atoms with van der Waals surface area (Å²) in [4.78, 5) is 23.2. The molecule has 0 unspecified atom stereocenters. The summed E-state index contributed by atoms with van der Waals surface area (Å²) >= 11 is 0. The molecule has 0 bridgehead atoms. The lowest BCUT2D eigenvalue weighted by atomic mass is 10.2. The maximum absolute atomic E-state index is 13.0. The molecule has 0 spiro atoms. The fraction of sp³-hybridized carbons (Fsp3) is 0.0769. The molecule has 1 aromatic heterocycles. The zero-order valence-corrected chi connectivity index (χ0v) is 9.97. The number of nitrogen functional groups attached to an aromatic ring is 1. The number of nitrogens with one attached hydrogen (secondary N) is 1. The zero-order chi connectivity index (χ0) is 13.8. The molecule has 0 saturated heterocycles. The van der Waals surface area contributed by atoms with Crippen LogP contribution in [0.3, 0.4) is 0 Å². The molecule has 0 atom stereocenters. The van der Waals surface area contributed by atoms with Gasteiger partial charge in [-0.2, -0.15) is 0 Å². The number of anilines is 2. The van der Waals surface area contributed by atoms with Gasteiger partial charge in [-0.15, -0.1) is 0 Å². The van der Waals surface area contributed by atoms with Gasteiger partial charge in [0.05, 0.1) is 11.4 Å². The van der Waals surface area contributed by atoms with E-state index in [-0.39, 0.29) is 23.5 Å². The van der Waals surface area contributed by atoms with Crippen molar-refractivity contribution < 1.29 is 9.18 Å². The third-order valence-electron chi connectivity index (χ3n) is 2.50. The first-order chi connectivity index (χ1) is 9.06. The summed E-state index contributed by atoms with van der Waals surface area (Å²) < 4.78 is 14.3. The fourth-order valence-electron chi connectivity index (χ4n) is 1.57. The average Bonchev–Trinajstić information content (AvgIpc) is 2.37. The van der Waals surface area contributed by atoms with E-state index in [0.717, 1.165) is 6.07 Å². The molecule has 2 rings (SSSR count). The molecule has 0 aliphatic rings. The normalized spacial score (nSPS) is 10.2. The van der Waals surface area contributed by atoms with Crippen LogP contribution in [0.25, 0.3) is 0 Å². The number of benzene rings is 1. The minimum Gasteiger partial charge on any atom is -0.397 e. The molecular weight excluding hydrogens is 249 g/mol. The van der Waals surface area contributed by atoms with Gasteiger partial charge >= 0.3 is 0 Å². The second-order valence-electron chi connectivity index (χ2n) is 3.95. The monoisotopic (exact) mass is 261 g/mol. The van der Waals surface area contributed by atoms with Crippen LogP contribution < -0.4 is 16.6 Å². The number of amides is 1. The second-order valence-corrected chi connectivity index (χ2v) is 3.95. The molecule has 5 nitrogen and oxygen atoms in total. The van der Waals surface area contributed by atoms with Crippen LogP contribution in [0.5, 0.6) is 0 Å². The molecule has 1 aromatic carbocycles. The molecule has 2 aromatic rings. The summed E-state index contributed by atoms with van der Waals surface area (Å²) in [6, 6.07) is 8.27. The Kier molecular flexibility index (Phi) is 3.61. The summed E-state index contributed by atoms with van der Waals surface area (Å²) in [5, 5.41) is 2.46. The lowest BCUT2D eigenvalue weighted by molar-refractivity contribution is -0.116. The number of nitrogens with two attached hydrogens (primary N) is 1. The molecular formula is C13H12FN3O2. The van der Waals surface area contributed by atoms with Crippen LogP contribution in [0.2, 0.25) is 0 Å². The quantitative estimate of drug-likeness (QED) is 0.815. The van der Waals surface area contributed by atoms with Crippen molar-refractivity contribution >= 4 is 17.3 Å². The highest BCUT2D eigenvalue weighted by Crippen LogP contribution is 2.18. The molecule has 0 fully saturated rings. The van der Waals surface area contributed by atoms with Crippen molar-refractivity contribution in [2.45, 2.75) is 6.54 Å². The molecule has 0 aliphatic carbocycles. The zero-order valence-electron chi connectivity index (χ0n) is 9.97. The standard InChI is InChI=1S/C13H12FN3O2/c14-9-4-5-10(15)11(7-9)16-12(18)8-17-6-2-1-3-13(17)19/h1-7H,8,15H2,(H,16,18). The molecule has 0 aliphatic heterocycles. The Morgan fingerprint density at radius 2 is 2.11 bits per heavy atom. The van der Waals surface area contributed by atoms with E-state index in [9.17, 15) is 14.0 Å². The lowest BCUT2D eigenvalue weighted by Gasteiger charge is -2.09. The maximum atomic E-state index is 13.0. The van der Waals surface area contributed by atoms with Crippen molar-refractivity contribution in [3.8, 4) is 0 Å². The SMILES string of the molecule is Nc1ccc(F)cc1NC(=O)Cn1ccccc1=O. The van der Waals surface area contributed by atoms with Gasteiger partial charge in [-0.1, -0.05) is 6.07 Å². The number of carbonyl (C=O) groups is 1. The van der Waals surface area contributed by atoms with E-state index < -0.39 is 11.7 Å². The van der Waals surface area contributed by atoms with Gasteiger partial charge in [-0.25, -0.2) is 4.39 Å². The van der Waals surface area contributed by atoms with Crippen LogP contribution in [-0.4, -0.2) is 10.5 Å².